The summed E-state index contributed by atoms with van der Waals surface area (Å²) in [5, 5.41) is 0. The van der Waals surface area contributed by atoms with E-state index in [4.69, 9.17) is 0 Å². The van der Waals surface area contributed by atoms with E-state index in [0.29, 0.717) is 11.3 Å². The van der Waals surface area contributed by atoms with Crippen molar-refractivity contribution in [1.29, 1.82) is 0 Å². The van der Waals surface area contributed by atoms with Gasteiger partial charge in [0, 0.05) is 0 Å². The molecule has 1 aromatic carbocycles. The lowest BCUT2D eigenvalue weighted by Crippen LogP contribution is -2.44. The topological polar surface area (TPSA) is 0 Å². The van der Waals surface area contributed by atoms with E-state index in [9.17, 15) is 0 Å². The van der Waals surface area contributed by atoms with E-state index in [1.165, 1.54) is 34.2 Å². The maximum atomic E-state index is 2.50. The molecule has 1 aromatic rings. The van der Waals surface area contributed by atoms with Gasteiger partial charge in [0.15, 0.2) is 0 Å². The van der Waals surface area contributed by atoms with Gasteiger partial charge in [0.25, 0.3) is 0 Å². The molecule has 1 aliphatic carbocycles. The van der Waals surface area contributed by atoms with Crippen molar-refractivity contribution in [2.75, 3.05) is 0 Å². The van der Waals surface area contributed by atoms with Crippen LogP contribution in [0.15, 0.2) is 6.07 Å². The Kier molecular flexibility index (Phi) is 10.0. The summed E-state index contributed by atoms with van der Waals surface area (Å²) < 4.78 is 0. The maximum absolute atomic E-state index is 2.50. The first-order chi connectivity index (χ1) is 12.3. The van der Waals surface area contributed by atoms with Crippen molar-refractivity contribution >= 4 is 0 Å². The smallest absolute Gasteiger partial charge is 0.0216 e. The quantitative estimate of drug-likeness (QED) is 0.473. The Morgan fingerprint density at radius 3 is 1.75 bits per heavy atom. The van der Waals surface area contributed by atoms with Gasteiger partial charge in [-0.2, -0.15) is 0 Å². The molecule has 2 rings (SSSR count). The van der Waals surface area contributed by atoms with Crippen LogP contribution < -0.4 is 0 Å². The zero-order chi connectivity index (χ0) is 21.3. The summed E-state index contributed by atoms with van der Waals surface area (Å²) in [6.45, 7) is 30.5. The SMILES string of the molecule is C.CC1CC(C)(C(C)C)C(C)C(C)C1C.Cc1cc(C(C)C)c(C)c(C)c1C. The van der Waals surface area contributed by atoms with E-state index in [1.807, 2.05) is 0 Å². The predicted octanol–water partition coefficient (Wildman–Crippen LogP) is 9.28. The molecule has 5 atom stereocenters. The van der Waals surface area contributed by atoms with Gasteiger partial charge in [-0.15, -0.1) is 0 Å². The fourth-order valence-electron chi connectivity index (χ4n) is 5.24. The second kappa shape index (κ2) is 10.3. The van der Waals surface area contributed by atoms with Crippen LogP contribution in [0.1, 0.15) is 110 Å². The average Bonchev–Trinajstić information content (AvgIpc) is 2.59. The number of aryl methyl sites for hydroxylation is 1. The summed E-state index contributed by atoms with van der Waals surface area (Å²) in [5.41, 5.74) is 7.86. The highest BCUT2D eigenvalue weighted by molar-refractivity contribution is 5.44. The van der Waals surface area contributed by atoms with Gasteiger partial charge in [-0.3, -0.25) is 0 Å². The van der Waals surface area contributed by atoms with E-state index in [2.05, 4.69) is 96.1 Å². The molecule has 0 saturated heterocycles. The highest BCUT2D eigenvalue weighted by atomic mass is 14.5. The summed E-state index contributed by atoms with van der Waals surface area (Å²) in [6.07, 6.45) is 1.41. The van der Waals surface area contributed by atoms with Gasteiger partial charge in [-0.25, -0.2) is 0 Å². The molecule has 5 unspecified atom stereocenters. The lowest BCUT2D eigenvalue weighted by Gasteiger charge is -2.52. The highest BCUT2D eigenvalue weighted by Gasteiger charge is 2.45. The Bertz CT molecular complexity index is 621. The number of hydrogen-bond acceptors (Lipinski definition) is 0. The lowest BCUT2D eigenvalue weighted by atomic mass is 9.53. The molecular formula is C28H52. The average molecular weight is 389 g/mol. The molecule has 0 heteroatoms. The van der Waals surface area contributed by atoms with E-state index in [-0.39, 0.29) is 7.43 Å². The van der Waals surface area contributed by atoms with Crippen LogP contribution in [0.5, 0.6) is 0 Å². The minimum absolute atomic E-state index is 0. The van der Waals surface area contributed by atoms with Crippen molar-refractivity contribution in [3.05, 3.63) is 33.9 Å². The van der Waals surface area contributed by atoms with Gasteiger partial charge < -0.3 is 0 Å². The number of rotatable bonds is 2. The van der Waals surface area contributed by atoms with Crippen LogP contribution in [0.25, 0.3) is 0 Å². The molecule has 1 saturated carbocycles. The summed E-state index contributed by atoms with van der Waals surface area (Å²) in [6, 6.07) is 2.34. The van der Waals surface area contributed by atoms with Crippen LogP contribution in [0.3, 0.4) is 0 Å². The third-order valence-corrected chi connectivity index (χ3v) is 8.78. The standard InChI is InChI=1S/C14H28.C13H20.CH4/c1-9(2)14(7)8-10(3)11(4)12(5)13(14)6;1-8(2)13-7-9(3)10(4)11(5)12(13)6;/h9-13H,8H2,1-7H3;7-8H,1-6H3;1H4. The Hall–Kier alpha value is -0.780. The van der Waals surface area contributed by atoms with E-state index < -0.39 is 0 Å². The van der Waals surface area contributed by atoms with E-state index >= 15 is 0 Å². The molecule has 28 heavy (non-hydrogen) atoms. The molecule has 0 aromatic heterocycles. The van der Waals surface area contributed by atoms with Crippen molar-refractivity contribution in [2.24, 2.45) is 35.0 Å². The Labute approximate surface area is 178 Å². The first-order valence-corrected chi connectivity index (χ1v) is 11.3. The molecule has 0 spiro atoms. The third kappa shape index (κ3) is 5.43. The zero-order valence-electron chi connectivity index (χ0n) is 20.7. The van der Waals surface area contributed by atoms with Crippen LogP contribution in [0.2, 0.25) is 0 Å². The van der Waals surface area contributed by atoms with Gasteiger partial charge in [-0.05, 0) is 103 Å². The normalized spacial score (nSPS) is 30.0. The second-order valence-electron chi connectivity index (χ2n) is 10.7. The van der Waals surface area contributed by atoms with Gasteiger partial charge in [0.1, 0.15) is 0 Å². The van der Waals surface area contributed by atoms with Crippen LogP contribution in [-0.2, 0) is 0 Å². The first kappa shape index (κ1) is 27.2. The van der Waals surface area contributed by atoms with Crippen molar-refractivity contribution in [3.8, 4) is 0 Å². The zero-order valence-corrected chi connectivity index (χ0v) is 20.7. The predicted molar refractivity (Wildman–Crippen MR) is 130 cm³/mol. The number of hydrogen-bond donors (Lipinski definition) is 0. The molecule has 0 radical (unpaired) electrons. The van der Waals surface area contributed by atoms with Crippen LogP contribution in [0, 0.1) is 62.7 Å². The Morgan fingerprint density at radius 1 is 0.821 bits per heavy atom. The van der Waals surface area contributed by atoms with Crippen molar-refractivity contribution in [3.63, 3.8) is 0 Å². The summed E-state index contributed by atoms with van der Waals surface area (Å²) in [5.74, 6) is 5.00. The maximum Gasteiger partial charge on any atom is -0.0216 e. The fourth-order valence-corrected chi connectivity index (χ4v) is 5.24. The van der Waals surface area contributed by atoms with E-state index in [0.717, 1.165) is 29.6 Å². The largest absolute Gasteiger partial charge is 0.0776 e. The molecular weight excluding hydrogens is 336 g/mol. The van der Waals surface area contributed by atoms with Crippen molar-refractivity contribution in [1.82, 2.24) is 0 Å². The monoisotopic (exact) mass is 388 g/mol. The van der Waals surface area contributed by atoms with Gasteiger partial charge >= 0.3 is 0 Å². The van der Waals surface area contributed by atoms with E-state index in [1.54, 1.807) is 0 Å². The van der Waals surface area contributed by atoms with Gasteiger partial charge in [0.05, 0.1) is 0 Å². The molecule has 0 heterocycles. The van der Waals surface area contributed by atoms with Crippen molar-refractivity contribution in [2.45, 2.75) is 110 Å². The molecule has 1 fully saturated rings. The summed E-state index contributed by atoms with van der Waals surface area (Å²) >= 11 is 0. The summed E-state index contributed by atoms with van der Waals surface area (Å²) in [4.78, 5) is 0. The van der Waals surface area contributed by atoms with Gasteiger partial charge in [-0.1, -0.05) is 75.8 Å². The minimum Gasteiger partial charge on any atom is -0.0776 e. The molecule has 0 bridgehead atoms. The Morgan fingerprint density at radius 2 is 1.32 bits per heavy atom. The Balaban J connectivity index is 0.000000504. The molecule has 0 N–H and O–H groups in total. The molecule has 0 aliphatic heterocycles. The van der Waals surface area contributed by atoms with Crippen LogP contribution in [-0.4, -0.2) is 0 Å². The van der Waals surface area contributed by atoms with Crippen LogP contribution >= 0.6 is 0 Å². The lowest BCUT2D eigenvalue weighted by molar-refractivity contribution is -0.0278. The van der Waals surface area contributed by atoms with Crippen molar-refractivity contribution < 1.29 is 0 Å². The highest BCUT2D eigenvalue weighted by Crippen LogP contribution is 2.52. The second-order valence-corrected chi connectivity index (χ2v) is 10.7. The molecule has 164 valence electrons. The molecule has 0 nitrogen and oxygen atoms in total. The van der Waals surface area contributed by atoms with Gasteiger partial charge in [0.2, 0.25) is 0 Å². The fraction of sp³-hybridized carbons (Fsp3) is 0.786. The molecule has 0 amide bonds. The van der Waals surface area contributed by atoms with Crippen LogP contribution in [0.4, 0.5) is 0 Å². The number of benzene rings is 1. The minimum atomic E-state index is 0. The molecule has 1 aliphatic rings. The summed E-state index contributed by atoms with van der Waals surface area (Å²) in [7, 11) is 0. The third-order valence-electron chi connectivity index (χ3n) is 8.78. The first-order valence-electron chi connectivity index (χ1n) is 11.3.